The summed E-state index contributed by atoms with van der Waals surface area (Å²) in [5.41, 5.74) is 0.283. The highest BCUT2D eigenvalue weighted by Crippen LogP contribution is 2.25. The van der Waals surface area contributed by atoms with Crippen LogP contribution in [0.1, 0.15) is 5.56 Å². The second-order valence-corrected chi connectivity index (χ2v) is 4.88. The number of amides is 1. The Labute approximate surface area is 147 Å². The Balaban J connectivity index is 1.83. The maximum Gasteiger partial charge on any atom is 0.344 e. The zero-order chi connectivity index (χ0) is 18.9. The van der Waals surface area contributed by atoms with Crippen molar-refractivity contribution in [3.8, 4) is 11.8 Å². The lowest BCUT2D eigenvalue weighted by Crippen LogP contribution is -2.24. The summed E-state index contributed by atoms with van der Waals surface area (Å²) < 4.78 is 9.80. The van der Waals surface area contributed by atoms with E-state index in [-0.39, 0.29) is 17.0 Å². The fourth-order valence-electron chi connectivity index (χ4n) is 1.93. The van der Waals surface area contributed by atoms with Gasteiger partial charge in [-0.1, -0.05) is 24.3 Å². The van der Waals surface area contributed by atoms with Gasteiger partial charge in [-0.25, -0.2) is 4.79 Å². The van der Waals surface area contributed by atoms with Gasteiger partial charge in [-0.05, 0) is 18.2 Å². The van der Waals surface area contributed by atoms with E-state index in [1.54, 1.807) is 12.1 Å². The Bertz CT molecular complexity index is 875. The average molecular weight is 355 g/mol. The minimum Gasteiger partial charge on any atom is -0.475 e. The Morgan fingerprint density at radius 2 is 1.81 bits per heavy atom. The van der Waals surface area contributed by atoms with Crippen molar-refractivity contribution in [3.63, 3.8) is 0 Å². The van der Waals surface area contributed by atoms with Crippen LogP contribution in [0, 0.1) is 21.4 Å². The fraction of sp³-hybridized carbons (Fsp3) is 0.118. The number of rotatable bonds is 7. The lowest BCUT2D eigenvalue weighted by Gasteiger charge is -2.08. The molecule has 0 aromatic heterocycles. The third-order valence-corrected chi connectivity index (χ3v) is 3.09. The standard InChI is InChI=1S/C17H13N3O6/c18-9-12-5-1-2-6-13(12)19-16(21)10-26-17(22)11-25-15-8-4-3-7-14(15)20(23)24/h1-8H,10-11H2,(H,19,21). The first-order valence-corrected chi connectivity index (χ1v) is 7.32. The van der Waals surface area contributed by atoms with E-state index in [0.29, 0.717) is 5.69 Å². The van der Waals surface area contributed by atoms with Crippen LogP contribution in [0.15, 0.2) is 48.5 Å². The van der Waals surface area contributed by atoms with Crippen LogP contribution in [-0.4, -0.2) is 30.0 Å². The van der Waals surface area contributed by atoms with Crippen LogP contribution in [0.3, 0.4) is 0 Å². The highest BCUT2D eigenvalue weighted by Gasteiger charge is 2.16. The van der Waals surface area contributed by atoms with E-state index in [9.17, 15) is 19.7 Å². The first-order valence-electron chi connectivity index (χ1n) is 7.32. The number of benzene rings is 2. The molecule has 26 heavy (non-hydrogen) atoms. The second kappa shape index (κ2) is 8.79. The number of ether oxygens (including phenoxy) is 2. The molecule has 0 aliphatic carbocycles. The van der Waals surface area contributed by atoms with Crippen LogP contribution in [0.25, 0.3) is 0 Å². The van der Waals surface area contributed by atoms with Crippen LogP contribution in [-0.2, 0) is 14.3 Å². The van der Waals surface area contributed by atoms with Crippen molar-refractivity contribution in [1.82, 2.24) is 0 Å². The number of nitro groups is 1. The molecule has 132 valence electrons. The van der Waals surface area contributed by atoms with Gasteiger partial charge in [-0.3, -0.25) is 14.9 Å². The average Bonchev–Trinajstić information content (AvgIpc) is 2.65. The molecule has 0 radical (unpaired) electrons. The van der Waals surface area contributed by atoms with Gasteiger partial charge in [-0.2, -0.15) is 5.26 Å². The van der Waals surface area contributed by atoms with Gasteiger partial charge in [0.2, 0.25) is 0 Å². The van der Waals surface area contributed by atoms with Gasteiger partial charge in [0, 0.05) is 6.07 Å². The van der Waals surface area contributed by atoms with Gasteiger partial charge in [0.1, 0.15) is 6.07 Å². The van der Waals surface area contributed by atoms with Gasteiger partial charge in [0.15, 0.2) is 19.0 Å². The molecule has 0 fully saturated rings. The Kier molecular flexibility index (Phi) is 6.23. The summed E-state index contributed by atoms with van der Waals surface area (Å²) in [5.74, 6) is -1.58. The van der Waals surface area contributed by atoms with E-state index in [2.05, 4.69) is 5.32 Å². The molecule has 0 unspecified atom stereocenters. The minimum absolute atomic E-state index is 0.0816. The highest BCUT2D eigenvalue weighted by molar-refractivity contribution is 5.94. The molecule has 2 aromatic carbocycles. The molecule has 9 heteroatoms. The molecule has 0 saturated carbocycles. The molecular formula is C17H13N3O6. The first kappa shape index (κ1) is 18.4. The summed E-state index contributed by atoms with van der Waals surface area (Å²) in [4.78, 5) is 33.6. The number of carbonyl (C=O) groups is 2. The molecule has 0 aliphatic heterocycles. The third-order valence-electron chi connectivity index (χ3n) is 3.09. The van der Waals surface area contributed by atoms with Crippen molar-refractivity contribution in [2.75, 3.05) is 18.5 Å². The highest BCUT2D eigenvalue weighted by atomic mass is 16.6. The minimum atomic E-state index is -0.869. The Morgan fingerprint density at radius 1 is 1.12 bits per heavy atom. The number of hydrogen-bond acceptors (Lipinski definition) is 7. The molecule has 0 aliphatic rings. The number of nitriles is 1. The number of para-hydroxylation sites is 3. The van der Waals surface area contributed by atoms with Gasteiger partial charge < -0.3 is 14.8 Å². The summed E-state index contributed by atoms with van der Waals surface area (Å²) in [6, 6.07) is 13.8. The molecule has 2 rings (SSSR count). The van der Waals surface area contributed by atoms with Crippen molar-refractivity contribution in [3.05, 3.63) is 64.2 Å². The summed E-state index contributed by atoms with van der Waals surface area (Å²) in [6.07, 6.45) is 0. The van der Waals surface area contributed by atoms with Crippen molar-refractivity contribution in [2.24, 2.45) is 0 Å². The van der Waals surface area contributed by atoms with Gasteiger partial charge in [0.05, 0.1) is 16.2 Å². The summed E-state index contributed by atoms with van der Waals surface area (Å²) in [7, 11) is 0. The van der Waals surface area contributed by atoms with E-state index in [1.807, 2.05) is 6.07 Å². The monoisotopic (exact) mass is 355 g/mol. The molecular weight excluding hydrogens is 342 g/mol. The van der Waals surface area contributed by atoms with Crippen LogP contribution < -0.4 is 10.1 Å². The number of anilines is 1. The summed E-state index contributed by atoms with van der Waals surface area (Å²) in [6.45, 7) is -1.17. The Morgan fingerprint density at radius 3 is 2.54 bits per heavy atom. The van der Waals surface area contributed by atoms with E-state index >= 15 is 0 Å². The molecule has 0 spiro atoms. The number of hydrogen-bond donors (Lipinski definition) is 1. The maximum atomic E-state index is 11.8. The molecule has 0 atom stereocenters. The topological polar surface area (TPSA) is 132 Å². The number of nitro benzene ring substituents is 1. The maximum absolute atomic E-state index is 11.8. The van der Waals surface area contributed by atoms with Crippen LogP contribution >= 0.6 is 0 Å². The summed E-state index contributed by atoms with van der Waals surface area (Å²) >= 11 is 0. The lowest BCUT2D eigenvalue weighted by atomic mass is 10.2. The molecule has 1 amide bonds. The number of nitrogens with zero attached hydrogens (tertiary/aromatic N) is 2. The number of nitrogens with one attached hydrogen (secondary N) is 1. The van der Waals surface area contributed by atoms with E-state index in [0.717, 1.165) is 0 Å². The van der Waals surface area contributed by atoms with Crippen molar-refractivity contribution in [2.45, 2.75) is 0 Å². The second-order valence-electron chi connectivity index (χ2n) is 4.88. The largest absolute Gasteiger partial charge is 0.475 e. The van der Waals surface area contributed by atoms with Crippen LogP contribution in [0.4, 0.5) is 11.4 Å². The molecule has 2 aromatic rings. The zero-order valence-corrected chi connectivity index (χ0v) is 13.4. The van der Waals surface area contributed by atoms with Gasteiger partial charge in [-0.15, -0.1) is 0 Å². The van der Waals surface area contributed by atoms with Crippen molar-refractivity contribution >= 4 is 23.3 Å². The van der Waals surface area contributed by atoms with E-state index in [4.69, 9.17) is 14.7 Å². The smallest absolute Gasteiger partial charge is 0.344 e. The predicted molar refractivity (Wildman–Crippen MR) is 89.3 cm³/mol. The van der Waals surface area contributed by atoms with E-state index < -0.39 is 30.0 Å². The van der Waals surface area contributed by atoms with Crippen LogP contribution in [0.2, 0.25) is 0 Å². The van der Waals surface area contributed by atoms with Crippen molar-refractivity contribution < 1.29 is 24.0 Å². The van der Waals surface area contributed by atoms with Gasteiger partial charge >= 0.3 is 11.7 Å². The van der Waals surface area contributed by atoms with Crippen LogP contribution in [0.5, 0.6) is 5.75 Å². The number of esters is 1. The lowest BCUT2D eigenvalue weighted by molar-refractivity contribution is -0.385. The molecule has 9 nitrogen and oxygen atoms in total. The SMILES string of the molecule is N#Cc1ccccc1NC(=O)COC(=O)COc1ccccc1[N+](=O)[O-]. The van der Waals surface area contributed by atoms with E-state index in [1.165, 1.54) is 36.4 Å². The quantitative estimate of drug-likeness (QED) is 0.456. The number of carbonyl (C=O) groups excluding carboxylic acids is 2. The predicted octanol–water partition coefficient (Wildman–Crippen LogP) is 2.03. The molecule has 0 heterocycles. The fourth-order valence-corrected chi connectivity index (χ4v) is 1.93. The summed E-state index contributed by atoms with van der Waals surface area (Å²) in [5, 5.41) is 22.2. The molecule has 1 N–H and O–H groups in total. The molecule has 0 saturated heterocycles. The Hall–Kier alpha value is -3.93. The van der Waals surface area contributed by atoms with Crippen molar-refractivity contribution in [1.29, 1.82) is 5.26 Å². The van der Waals surface area contributed by atoms with Gasteiger partial charge in [0.25, 0.3) is 5.91 Å². The molecule has 0 bridgehead atoms. The zero-order valence-electron chi connectivity index (χ0n) is 13.4. The first-order chi connectivity index (χ1) is 12.5. The third kappa shape index (κ3) is 5.04. The normalized spacial score (nSPS) is 9.65.